The molecule has 9 nitrogen and oxygen atoms in total. The molecule has 1 aliphatic rings. The molecule has 0 spiro atoms. The third-order valence-electron chi connectivity index (χ3n) is 7.23. The number of sulfonamides is 1. The molecule has 1 amide bonds. The number of furan rings is 1. The van der Waals surface area contributed by atoms with Gasteiger partial charge in [-0.3, -0.25) is 9.10 Å². The lowest BCUT2D eigenvalue weighted by Crippen LogP contribution is -2.25. The van der Waals surface area contributed by atoms with Crippen LogP contribution in [0, 0.1) is 5.82 Å². The quantitative estimate of drug-likeness (QED) is 0.294. The number of aromatic nitrogens is 1. The fourth-order valence-electron chi connectivity index (χ4n) is 5.03. The Morgan fingerprint density at radius 2 is 1.80 bits per heavy atom. The molecule has 0 unspecified atom stereocenters. The predicted molar refractivity (Wildman–Crippen MR) is 155 cm³/mol. The zero-order chi connectivity index (χ0) is 28.9. The van der Waals surface area contributed by atoms with E-state index in [1.54, 1.807) is 12.1 Å². The third kappa shape index (κ3) is 4.87. The number of nitrogens with one attached hydrogen (secondary N) is 2. The van der Waals surface area contributed by atoms with E-state index in [0.29, 0.717) is 45.8 Å². The first kappa shape index (κ1) is 26.7. The summed E-state index contributed by atoms with van der Waals surface area (Å²) in [6, 6.07) is 16.4. The van der Waals surface area contributed by atoms with Crippen LogP contribution < -0.4 is 14.9 Å². The number of carbonyl (C=O) groups is 1. The average molecular weight is 575 g/mol. The van der Waals surface area contributed by atoms with Crippen LogP contribution >= 0.6 is 0 Å². The van der Waals surface area contributed by atoms with Crippen LogP contribution in [-0.2, 0) is 23.0 Å². The van der Waals surface area contributed by atoms with Crippen LogP contribution in [-0.4, -0.2) is 46.2 Å². The number of hydrogen-bond donors (Lipinski definition) is 2. The number of rotatable bonds is 6. The van der Waals surface area contributed by atoms with Gasteiger partial charge in [0.05, 0.1) is 29.7 Å². The second kappa shape index (κ2) is 10.2. The molecule has 0 saturated heterocycles. The number of carbonyl (C=O) groups excluding carboxylic acids is 1. The van der Waals surface area contributed by atoms with Crippen molar-refractivity contribution in [2.24, 2.45) is 0 Å². The summed E-state index contributed by atoms with van der Waals surface area (Å²) in [4.78, 5) is 17.8. The Morgan fingerprint density at radius 1 is 1.05 bits per heavy atom. The zero-order valence-electron chi connectivity index (χ0n) is 22.6. The molecule has 3 aromatic carbocycles. The Hall–Kier alpha value is -4.48. The zero-order valence-corrected chi connectivity index (χ0v) is 23.4. The van der Waals surface area contributed by atoms with Crippen molar-refractivity contribution in [3.05, 3.63) is 83.5 Å². The molecular weight excluding hydrogens is 547 g/mol. The van der Waals surface area contributed by atoms with Crippen LogP contribution in [0.15, 0.2) is 69.5 Å². The summed E-state index contributed by atoms with van der Waals surface area (Å²) in [5.41, 5.74) is 4.33. The lowest BCUT2D eigenvalue weighted by atomic mass is 9.97. The second-order valence-corrected chi connectivity index (χ2v) is 11.9. The molecule has 0 atom stereocenters. The maximum atomic E-state index is 13.7. The molecule has 41 heavy (non-hydrogen) atoms. The summed E-state index contributed by atoms with van der Waals surface area (Å²) in [5.74, 6) is 0.710. The van der Waals surface area contributed by atoms with Crippen molar-refractivity contribution < 1.29 is 26.4 Å². The molecule has 0 radical (unpaired) electrons. The minimum Gasteiger partial charge on any atom is -0.455 e. The van der Waals surface area contributed by atoms with E-state index in [9.17, 15) is 17.6 Å². The fraction of sp³-hybridized carbons (Fsp3) is 0.200. The maximum absolute atomic E-state index is 13.7. The lowest BCUT2D eigenvalue weighted by molar-refractivity contribution is 0.0964. The summed E-state index contributed by atoms with van der Waals surface area (Å²) in [6.07, 6.45) is 1.89. The molecule has 2 aromatic heterocycles. The van der Waals surface area contributed by atoms with Crippen molar-refractivity contribution in [3.63, 3.8) is 0 Å². The van der Waals surface area contributed by atoms with Gasteiger partial charge in [0.2, 0.25) is 15.9 Å². The smallest absolute Gasteiger partial charge is 0.255 e. The number of fused-ring (bicyclic) bond motifs is 2. The van der Waals surface area contributed by atoms with E-state index in [1.807, 2.05) is 24.3 Å². The van der Waals surface area contributed by atoms with Gasteiger partial charge in [-0.05, 0) is 48.0 Å². The normalized spacial score (nSPS) is 13.3. The molecule has 0 bridgehead atoms. The molecule has 2 N–H and O–H groups in total. The van der Waals surface area contributed by atoms with Crippen molar-refractivity contribution in [3.8, 4) is 33.9 Å². The highest BCUT2D eigenvalue weighted by Gasteiger charge is 2.26. The van der Waals surface area contributed by atoms with Gasteiger partial charge >= 0.3 is 0 Å². The van der Waals surface area contributed by atoms with Gasteiger partial charge in [0, 0.05) is 55.2 Å². The molecule has 0 saturated carbocycles. The summed E-state index contributed by atoms with van der Waals surface area (Å²) in [5, 5.41) is 6.40. The van der Waals surface area contributed by atoms with E-state index < -0.39 is 21.7 Å². The summed E-state index contributed by atoms with van der Waals surface area (Å²) >= 11 is 0. The van der Waals surface area contributed by atoms with E-state index in [-0.39, 0.29) is 11.3 Å². The molecule has 6 rings (SSSR count). The van der Waals surface area contributed by atoms with Crippen LogP contribution in [0.25, 0.3) is 44.9 Å². The lowest BCUT2D eigenvalue weighted by Gasteiger charge is -2.21. The molecule has 1 aliphatic heterocycles. The van der Waals surface area contributed by atoms with Crippen molar-refractivity contribution in [1.82, 2.24) is 15.6 Å². The molecule has 210 valence electrons. The Balaban J connectivity index is 1.58. The van der Waals surface area contributed by atoms with Gasteiger partial charge in [-0.15, -0.1) is 0 Å². The molecule has 0 aliphatic carbocycles. The average Bonchev–Trinajstić information content (AvgIpc) is 3.57. The minimum atomic E-state index is -3.67. The Labute approximate surface area is 236 Å². The van der Waals surface area contributed by atoms with Crippen LogP contribution in [0.5, 0.6) is 0 Å². The van der Waals surface area contributed by atoms with E-state index in [1.165, 1.54) is 42.7 Å². The standard InChI is InChI=1S/C30H27FN4O5S/c1-32-29(36)27-22-14-21(18-5-4-6-19(13-18)30-34-23-11-12-33-16-26(23)40-30)24(35(2)41(3,37)38)15-25(22)39-28(27)17-7-9-20(31)10-8-17/h4-10,13-15,33H,11-12,16H2,1-3H3,(H,32,36). The molecule has 0 fully saturated rings. The largest absolute Gasteiger partial charge is 0.455 e. The maximum Gasteiger partial charge on any atom is 0.255 e. The fourth-order valence-corrected chi connectivity index (χ4v) is 5.53. The highest BCUT2D eigenvalue weighted by Crippen LogP contribution is 2.42. The minimum absolute atomic E-state index is 0.247. The first-order valence-electron chi connectivity index (χ1n) is 13.0. The van der Waals surface area contributed by atoms with Crippen molar-refractivity contribution in [1.29, 1.82) is 0 Å². The van der Waals surface area contributed by atoms with Crippen LogP contribution in [0.1, 0.15) is 21.8 Å². The third-order valence-corrected chi connectivity index (χ3v) is 8.42. The Bertz CT molecular complexity index is 1890. The summed E-state index contributed by atoms with van der Waals surface area (Å²) in [6.45, 7) is 1.44. The highest BCUT2D eigenvalue weighted by molar-refractivity contribution is 7.92. The number of amides is 1. The van der Waals surface area contributed by atoms with Crippen LogP contribution in [0.2, 0.25) is 0 Å². The van der Waals surface area contributed by atoms with Gasteiger partial charge < -0.3 is 19.5 Å². The second-order valence-electron chi connectivity index (χ2n) is 9.88. The summed E-state index contributed by atoms with van der Waals surface area (Å²) < 4.78 is 52.4. The van der Waals surface area contributed by atoms with Crippen LogP contribution in [0.3, 0.4) is 0 Å². The SMILES string of the molecule is CNC(=O)c1c(-c2ccc(F)cc2)oc2cc(N(C)S(C)(=O)=O)c(-c3cccc(-c4nc5c(o4)CNCC5)c3)cc12. The number of oxazole rings is 1. The van der Waals surface area contributed by atoms with Crippen molar-refractivity contribution in [2.75, 3.05) is 31.2 Å². The number of halogens is 1. The van der Waals surface area contributed by atoms with Crippen molar-refractivity contribution >= 4 is 32.6 Å². The van der Waals surface area contributed by atoms with E-state index in [4.69, 9.17) is 8.83 Å². The van der Waals surface area contributed by atoms with Crippen molar-refractivity contribution in [2.45, 2.75) is 13.0 Å². The monoisotopic (exact) mass is 574 g/mol. The van der Waals surface area contributed by atoms with E-state index >= 15 is 0 Å². The van der Waals surface area contributed by atoms with Gasteiger partial charge in [-0.1, -0.05) is 12.1 Å². The number of nitrogens with zero attached hydrogens (tertiary/aromatic N) is 2. The topological polar surface area (TPSA) is 118 Å². The molecule has 3 heterocycles. The van der Waals surface area contributed by atoms with E-state index in [2.05, 4.69) is 15.6 Å². The Kier molecular flexibility index (Phi) is 6.63. The predicted octanol–water partition coefficient (Wildman–Crippen LogP) is 4.96. The number of anilines is 1. The molecule has 5 aromatic rings. The van der Waals surface area contributed by atoms with Gasteiger partial charge in [-0.2, -0.15) is 0 Å². The van der Waals surface area contributed by atoms with Gasteiger partial charge in [0.15, 0.2) is 0 Å². The molecular formula is C30H27FN4O5S. The van der Waals surface area contributed by atoms with Gasteiger partial charge in [0.25, 0.3) is 5.91 Å². The number of benzene rings is 3. The van der Waals surface area contributed by atoms with Gasteiger partial charge in [0.1, 0.15) is 22.9 Å². The summed E-state index contributed by atoms with van der Waals surface area (Å²) in [7, 11) is -0.696. The number of hydrogen-bond acceptors (Lipinski definition) is 7. The van der Waals surface area contributed by atoms with Crippen LogP contribution in [0.4, 0.5) is 10.1 Å². The first-order valence-corrected chi connectivity index (χ1v) is 14.8. The molecule has 11 heteroatoms. The van der Waals surface area contributed by atoms with Gasteiger partial charge in [-0.25, -0.2) is 17.8 Å². The van der Waals surface area contributed by atoms with E-state index in [0.717, 1.165) is 36.2 Å². The Morgan fingerprint density at radius 3 is 2.51 bits per heavy atom. The first-order chi connectivity index (χ1) is 19.6. The highest BCUT2D eigenvalue weighted by atomic mass is 32.2.